The van der Waals surface area contributed by atoms with Gasteiger partial charge in [0.2, 0.25) is 10.0 Å². The molecule has 0 radical (unpaired) electrons. The number of aryl methyl sites for hydroxylation is 1. The number of aliphatic hydroxyl groups excluding tert-OH is 1. The van der Waals surface area contributed by atoms with E-state index >= 15 is 0 Å². The molecule has 4 aromatic carbocycles. The summed E-state index contributed by atoms with van der Waals surface area (Å²) in [5.41, 5.74) is 4.62. The number of nitrogens with zero attached hydrogens (tertiary/aromatic N) is 2. The minimum absolute atomic E-state index is 0.106. The molecule has 0 aromatic heterocycles. The number of aliphatic hydroxyl groups is 1. The first-order valence-corrected chi connectivity index (χ1v) is 19.8. The Balaban J connectivity index is 1.27. The standard InChI is InChI=1S/C42H47ClN2O6S/c1-4-40(46)37-18-11-32(37)26-44-27-42(21-5-6-31-22-33(43)12-19-38(31)42)28-51-41-20-17-36(23-39(41)44)52(47,48)45(24-29-7-13-34(49-2)14-8-29)25-30-9-15-35(50-3)16-10-30/h4,7-10,12-17,19-20,22-23,32,37,40,46H,1,5-6,11,18,21,24-28H2,2-3H3/t32-,37+,40-,42-/m0/s1. The number of anilines is 1. The summed E-state index contributed by atoms with van der Waals surface area (Å²) in [6.07, 6.45) is 5.87. The zero-order valence-corrected chi connectivity index (χ0v) is 31.4. The summed E-state index contributed by atoms with van der Waals surface area (Å²) in [7, 11) is -0.794. The minimum Gasteiger partial charge on any atom is -0.497 e. The highest BCUT2D eigenvalue weighted by Crippen LogP contribution is 2.47. The molecular formula is C42H47ClN2O6S. The van der Waals surface area contributed by atoms with Gasteiger partial charge in [-0.3, -0.25) is 0 Å². The van der Waals surface area contributed by atoms with Crippen molar-refractivity contribution in [2.24, 2.45) is 11.8 Å². The minimum atomic E-state index is -4.01. The van der Waals surface area contributed by atoms with Crippen molar-refractivity contribution < 1.29 is 27.7 Å². The van der Waals surface area contributed by atoms with Crippen molar-refractivity contribution in [3.05, 3.63) is 125 Å². The van der Waals surface area contributed by atoms with E-state index in [-0.39, 0.29) is 35.2 Å². The van der Waals surface area contributed by atoms with Gasteiger partial charge in [0.15, 0.2) is 0 Å². The van der Waals surface area contributed by atoms with E-state index in [1.165, 1.54) is 15.4 Å². The second-order valence-electron chi connectivity index (χ2n) is 14.4. The molecule has 3 aliphatic rings. The lowest BCUT2D eigenvalue weighted by Gasteiger charge is -2.45. The highest BCUT2D eigenvalue weighted by atomic mass is 35.5. The molecule has 2 aliphatic carbocycles. The molecule has 0 amide bonds. The summed E-state index contributed by atoms with van der Waals surface area (Å²) in [6.45, 7) is 5.99. The average Bonchev–Trinajstić information content (AvgIpc) is 3.30. The number of halogens is 1. The summed E-state index contributed by atoms with van der Waals surface area (Å²) in [5.74, 6) is 2.40. The van der Waals surface area contributed by atoms with Gasteiger partial charge in [0.1, 0.15) is 17.2 Å². The zero-order chi connectivity index (χ0) is 36.5. The summed E-state index contributed by atoms with van der Waals surface area (Å²) < 4.78 is 48.5. The fourth-order valence-corrected chi connectivity index (χ4v) is 9.86. The summed E-state index contributed by atoms with van der Waals surface area (Å²) in [6, 6.07) is 26.4. The Morgan fingerprint density at radius 2 is 1.65 bits per heavy atom. The molecule has 4 aromatic rings. The van der Waals surface area contributed by atoms with Crippen molar-refractivity contribution in [2.45, 2.75) is 61.6 Å². The molecule has 10 heteroatoms. The molecule has 8 nitrogen and oxygen atoms in total. The average molecular weight is 743 g/mol. The Bertz CT molecular complexity index is 1950. The Labute approximate surface area is 312 Å². The van der Waals surface area contributed by atoms with E-state index in [0.29, 0.717) is 36.9 Å². The van der Waals surface area contributed by atoms with Crippen LogP contribution in [0.25, 0.3) is 0 Å². The van der Waals surface area contributed by atoms with E-state index in [0.717, 1.165) is 53.9 Å². The second-order valence-corrected chi connectivity index (χ2v) is 16.8. The number of benzene rings is 4. The fourth-order valence-electron chi connectivity index (χ4n) is 8.23. The molecule has 274 valence electrons. The van der Waals surface area contributed by atoms with Crippen LogP contribution in [0.3, 0.4) is 0 Å². The maximum absolute atomic E-state index is 14.8. The zero-order valence-electron chi connectivity index (χ0n) is 29.8. The van der Waals surface area contributed by atoms with Crippen LogP contribution >= 0.6 is 11.6 Å². The molecule has 1 aliphatic heterocycles. The number of methoxy groups -OCH3 is 2. The van der Waals surface area contributed by atoms with Crippen LogP contribution in [0.1, 0.15) is 47.9 Å². The highest BCUT2D eigenvalue weighted by molar-refractivity contribution is 7.89. The topological polar surface area (TPSA) is 88.5 Å². The Morgan fingerprint density at radius 3 is 2.25 bits per heavy atom. The van der Waals surface area contributed by atoms with Crippen molar-refractivity contribution >= 4 is 27.3 Å². The van der Waals surface area contributed by atoms with Crippen LogP contribution in [-0.2, 0) is 34.9 Å². The second kappa shape index (κ2) is 15.1. The first kappa shape index (κ1) is 36.3. The number of sulfonamides is 1. The Kier molecular flexibility index (Phi) is 10.6. The van der Waals surface area contributed by atoms with Gasteiger partial charge in [0, 0.05) is 36.6 Å². The first-order chi connectivity index (χ1) is 25.1. The molecule has 0 unspecified atom stereocenters. The number of hydrogen-bond donors (Lipinski definition) is 1. The third-order valence-electron chi connectivity index (χ3n) is 11.3. The molecule has 4 atom stereocenters. The van der Waals surface area contributed by atoms with Gasteiger partial charge in [-0.25, -0.2) is 8.42 Å². The lowest BCUT2D eigenvalue weighted by Crippen LogP contribution is -2.49. The Morgan fingerprint density at radius 1 is 0.981 bits per heavy atom. The number of hydrogen-bond acceptors (Lipinski definition) is 7. The van der Waals surface area contributed by atoms with Gasteiger partial charge in [-0.15, -0.1) is 6.58 Å². The van der Waals surface area contributed by atoms with Crippen LogP contribution in [0.15, 0.2) is 102 Å². The molecule has 1 spiro atoms. The van der Waals surface area contributed by atoms with Gasteiger partial charge in [-0.2, -0.15) is 4.31 Å². The predicted molar refractivity (Wildman–Crippen MR) is 205 cm³/mol. The van der Waals surface area contributed by atoms with Crippen molar-refractivity contribution in [3.63, 3.8) is 0 Å². The maximum atomic E-state index is 14.8. The molecular weight excluding hydrogens is 696 g/mol. The number of fused-ring (bicyclic) bond motifs is 3. The molecule has 1 saturated carbocycles. The largest absolute Gasteiger partial charge is 0.497 e. The van der Waals surface area contributed by atoms with Gasteiger partial charge >= 0.3 is 0 Å². The SMILES string of the molecule is C=C[C@H](O)[C@@H]1CC[C@H]1CN1C[C@@]2(CCCc3cc(Cl)ccc32)COc2ccc(S(=O)(=O)N(Cc3ccc(OC)cc3)Cc3ccc(OC)cc3)cc21. The smallest absolute Gasteiger partial charge is 0.243 e. The van der Waals surface area contributed by atoms with Crippen molar-refractivity contribution in [2.75, 3.05) is 38.8 Å². The molecule has 1 heterocycles. The summed E-state index contributed by atoms with van der Waals surface area (Å²) >= 11 is 6.46. The third-order valence-corrected chi connectivity index (χ3v) is 13.3. The van der Waals surface area contributed by atoms with E-state index in [1.807, 2.05) is 60.7 Å². The molecule has 7 rings (SSSR count). The molecule has 1 N–H and O–H groups in total. The molecule has 1 fully saturated rings. The highest BCUT2D eigenvalue weighted by Gasteiger charge is 2.44. The Hall–Kier alpha value is -4.02. The van der Waals surface area contributed by atoms with Crippen LogP contribution < -0.4 is 19.1 Å². The van der Waals surface area contributed by atoms with Crippen molar-refractivity contribution in [1.29, 1.82) is 0 Å². The number of ether oxygens (including phenoxy) is 3. The van der Waals surface area contributed by atoms with Gasteiger partial charge in [0.25, 0.3) is 0 Å². The lowest BCUT2D eigenvalue weighted by molar-refractivity contribution is 0.0460. The third kappa shape index (κ3) is 7.29. The van der Waals surface area contributed by atoms with Crippen LogP contribution in [0.2, 0.25) is 5.02 Å². The molecule has 0 saturated heterocycles. The molecule has 52 heavy (non-hydrogen) atoms. The monoisotopic (exact) mass is 742 g/mol. The fraction of sp³-hybridized carbons (Fsp3) is 0.381. The van der Waals surface area contributed by atoms with Gasteiger partial charge in [-0.05, 0) is 121 Å². The van der Waals surface area contributed by atoms with Gasteiger partial charge < -0.3 is 24.2 Å². The van der Waals surface area contributed by atoms with Gasteiger partial charge in [0.05, 0.1) is 37.5 Å². The quantitative estimate of drug-likeness (QED) is 0.148. The van der Waals surface area contributed by atoms with Crippen molar-refractivity contribution in [1.82, 2.24) is 4.31 Å². The predicted octanol–water partition coefficient (Wildman–Crippen LogP) is 7.79. The maximum Gasteiger partial charge on any atom is 0.243 e. The van der Waals surface area contributed by atoms with Crippen LogP contribution in [0, 0.1) is 11.8 Å². The van der Waals surface area contributed by atoms with Crippen LogP contribution in [0.5, 0.6) is 17.2 Å². The first-order valence-electron chi connectivity index (χ1n) is 18.0. The van der Waals surface area contributed by atoms with E-state index in [2.05, 4.69) is 23.6 Å². The summed E-state index contributed by atoms with van der Waals surface area (Å²) in [5, 5.41) is 11.5. The van der Waals surface area contributed by atoms with Crippen LogP contribution in [0.4, 0.5) is 5.69 Å². The lowest BCUT2D eigenvalue weighted by atomic mass is 9.68. The van der Waals surface area contributed by atoms with Crippen molar-refractivity contribution in [3.8, 4) is 17.2 Å². The van der Waals surface area contributed by atoms with Crippen LogP contribution in [-0.4, -0.2) is 57.8 Å². The van der Waals surface area contributed by atoms with E-state index in [4.69, 9.17) is 25.8 Å². The summed E-state index contributed by atoms with van der Waals surface area (Å²) in [4.78, 5) is 2.53. The number of rotatable bonds is 12. The molecule has 0 bridgehead atoms. The van der Waals surface area contributed by atoms with E-state index < -0.39 is 16.1 Å². The van der Waals surface area contributed by atoms with Gasteiger partial charge in [-0.1, -0.05) is 48.0 Å². The van der Waals surface area contributed by atoms with E-state index in [1.54, 1.807) is 32.4 Å². The van der Waals surface area contributed by atoms with E-state index in [9.17, 15) is 13.5 Å². The normalized spacial score (nSPS) is 21.7.